The Bertz CT molecular complexity index is 1120. The molecule has 1 aromatic carbocycles. The van der Waals surface area contributed by atoms with Crippen LogP contribution in [0.2, 0.25) is 0 Å². The second-order valence-corrected chi connectivity index (χ2v) is 8.53. The van der Waals surface area contributed by atoms with Gasteiger partial charge in [0, 0.05) is 43.1 Å². The normalized spacial score (nSPS) is 16.1. The Morgan fingerprint density at radius 2 is 1.94 bits per heavy atom. The van der Waals surface area contributed by atoms with Gasteiger partial charge in [-0.15, -0.1) is 0 Å². The van der Waals surface area contributed by atoms with E-state index in [-0.39, 0.29) is 12.0 Å². The van der Waals surface area contributed by atoms with Crippen LogP contribution in [0.5, 0.6) is 11.6 Å². The van der Waals surface area contributed by atoms with E-state index < -0.39 is 11.8 Å². The molecule has 0 amide bonds. The molecule has 2 aromatic heterocycles. The number of rotatable bonds is 6. The van der Waals surface area contributed by atoms with Crippen LogP contribution in [0, 0.1) is 11.7 Å². The predicted molar refractivity (Wildman–Crippen MR) is 132 cm³/mol. The van der Waals surface area contributed by atoms with Crippen molar-refractivity contribution in [1.29, 1.82) is 0 Å². The van der Waals surface area contributed by atoms with E-state index in [2.05, 4.69) is 15.0 Å². The van der Waals surface area contributed by atoms with Gasteiger partial charge in [0.15, 0.2) is 5.82 Å². The molecule has 36 heavy (non-hydrogen) atoms. The summed E-state index contributed by atoms with van der Waals surface area (Å²) in [7, 11) is 3.17. The van der Waals surface area contributed by atoms with Crippen molar-refractivity contribution < 1.29 is 28.5 Å². The van der Waals surface area contributed by atoms with Crippen LogP contribution >= 0.6 is 0 Å². The molecule has 1 saturated carbocycles. The van der Waals surface area contributed by atoms with Crippen LogP contribution in [0.3, 0.4) is 0 Å². The smallest absolute Gasteiger partial charge is 0.306 e. The maximum atomic E-state index is 13.4. The van der Waals surface area contributed by atoms with Crippen molar-refractivity contribution >= 4 is 5.97 Å². The zero-order chi connectivity index (χ0) is 25.9. The number of methoxy groups -OCH3 is 2. The summed E-state index contributed by atoms with van der Waals surface area (Å²) in [4.78, 5) is 22.4. The van der Waals surface area contributed by atoms with Gasteiger partial charge in [-0.2, -0.15) is 0 Å². The number of nitrogens with zero attached hydrogens (tertiary/aromatic N) is 3. The lowest BCUT2D eigenvalue weighted by atomic mass is 9.96. The van der Waals surface area contributed by atoms with Gasteiger partial charge in [-0.05, 0) is 18.1 Å². The second-order valence-electron chi connectivity index (χ2n) is 8.53. The molecular formula is C27H32FN3O5. The van der Waals surface area contributed by atoms with Crippen LogP contribution in [0.25, 0.3) is 11.3 Å². The number of hydrogen-bond donors (Lipinski definition) is 1. The Morgan fingerprint density at radius 1 is 1.17 bits per heavy atom. The summed E-state index contributed by atoms with van der Waals surface area (Å²) in [5.74, 6) is -0.440. The summed E-state index contributed by atoms with van der Waals surface area (Å²) in [6, 6.07) is 7.35. The van der Waals surface area contributed by atoms with Crippen molar-refractivity contribution in [2.45, 2.75) is 45.1 Å². The first-order chi connectivity index (χ1) is 17.4. The molecule has 2 atom stereocenters. The molecule has 0 spiro atoms. The fourth-order valence-electron chi connectivity index (χ4n) is 3.38. The Kier molecular flexibility index (Phi) is 10.1. The van der Waals surface area contributed by atoms with Gasteiger partial charge in [0.05, 0.1) is 43.8 Å². The average Bonchev–Trinajstić information content (AvgIpc) is 3.79. The van der Waals surface area contributed by atoms with E-state index >= 15 is 0 Å². The molecule has 2 aliphatic rings. The number of carboxylic acid groups (broad SMARTS) is 1. The number of carbonyl (C=O) groups is 1. The Balaban J connectivity index is 0.000000181. The molecule has 8 nitrogen and oxygen atoms in total. The number of aromatic nitrogens is 3. The molecule has 9 heteroatoms. The summed E-state index contributed by atoms with van der Waals surface area (Å²) in [6.07, 6.45) is 11.6. The zero-order valence-corrected chi connectivity index (χ0v) is 20.8. The number of halogens is 1. The largest absolute Gasteiger partial charge is 0.493 e. The van der Waals surface area contributed by atoms with Crippen LogP contribution in [0.4, 0.5) is 4.39 Å². The maximum Gasteiger partial charge on any atom is 0.306 e. The SMILES string of the molecule is C1CC1.CO[C@H]1CCOc2cc(CC(C)C(=O)O)ccc21.COc1cc(-c2cnccn2)c(F)cn1. The third kappa shape index (κ3) is 7.98. The molecule has 1 aliphatic carbocycles. The first-order valence-electron chi connectivity index (χ1n) is 11.9. The summed E-state index contributed by atoms with van der Waals surface area (Å²) in [5.41, 5.74) is 2.82. The van der Waals surface area contributed by atoms with Gasteiger partial charge in [0.2, 0.25) is 5.88 Å². The molecule has 3 aromatic rings. The highest BCUT2D eigenvalue weighted by molar-refractivity contribution is 5.70. The first kappa shape index (κ1) is 27.0. The fourth-order valence-corrected chi connectivity index (χ4v) is 3.38. The van der Waals surface area contributed by atoms with Crippen molar-refractivity contribution in [3.8, 4) is 22.9 Å². The fraction of sp³-hybridized carbons (Fsp3) is 0.407. The number of pyridine rings is 1. The van der Waals surface area contributed by atoms with E-state index in [1.807, 2.05) is 18.2 Å². The monoisotopic (exact) mass is 497 g/mol. The quantitative estimate of drug-likeness (QED) is 0.491. The number of hydrogen-bond acceptors (Lipinski definition) is 7. The van der Waals surface area contributed by atoms with Crippen LogP contribution in [-0.4, -0.2) is 46.9 Å². The van der Waals surface area contributed by atoms with E-state index in [9.17, 15) is 9.18 Å². The van der Waals surface area contributed by atoms with Crippen molar-refractivity contribution in [1.82, 2.24) is 15.0 Å². The lowest BCUT2D eigenvalue weighted by Crippen LogP contribution is -2.16. The molecule has 1 fully saturated rings. The Morgan fingerprint density at radius 3 is 2.56 bits per heavy atom. The molecule has 1 unspecified atom stereocenters. The van der Waals surface area contributed by atoms with Crippen LogP contribution in [-0.2, 0) is 16.0 Å². The molecule has 1 N–H and O–H groups in total. The highest BCUT2D eigenvalue weighted by Crippen LogP contribution is 2.35. The topological polar surface area (TPSA) is 104 Å². The van der Waals surface area contributed by atoms with Crippen molar-refractivity contribution in [3.63, 3.8) is 0 Å². The summed E-state index contributed by atoms with van der Waals surface area (Å²) < 4.78 is 29.3. The molecule has 5 rings (SSSR count). The molecule has 0 bridgehead atoms. The summed E-state index contributed by atoms with van der Waals surface area (Å²) >= 11 is 0. The van der Waals surface area contributed by atoms with Gasteiger partial charge in [-0.3, -0.25) is 14.8 Å². The summed E-state index contributed by atoms with van der Waals surface area (Å²) in [5, 5.41) is 8.91. The lowest BCUT2D eigenvalue weighted by Gasteiger charge is -2.25. The first-order valence-corrected chi connectivity index (χ1v) is 11.9. The van der Waals surface area contributed by atoms with Crippen molar-refractivity contribution in [3.05, 3.63) is 66.0 Å². The summed E-state index contributed by atoms with van der Waals surface area (Å²) in [6.45, 7) is 2.35. The molecular weight excluding hydrogens is 465 g/mol. The minimum atomic E-state index is -0.775. The molecule has 0 saturated heterocycles. The number of carboxylic acids is 1. The highest BCUT2D eigenvalue weighted by atomic mass is 19.1. The lowest BCUT2D eigenvalue weighted by molar-refractivity contribution is -0.141. The van der Waals surface area contributed by atoms with E-state index in [1.165, 1.54) is 51.0 Å². The van der Waals surface area contributed by atoms with E-state index in [1.54, 1.807) is 14.0 Å². The zero-order valence-electron chi connectivity index (χ0n) is 20.8. The van der Waals surface area contributed by atoms with Crippen LogP contribution in [0.1, 0.15) is 49.8 Å². The maximum absolute atomic E-state index is 13.4. The second kappa shape index (κ2) is 13.5. The number of fused-ring (bicyclic) bond motifs is 1. The highest BCUT2D eigenvalue weighted by Gasteiger charge is 2.22. The van der Waals surface area contributed by atoms with Gasteiger partial charge in [-0.1, -0.05) is 38.3 Å². The predicted octanol–water partition coefficient (Wildman–Crippen LogP) is 5.28. The standard InChI is InChI=1S/C14H18O4.C10H8FN3O.C3H6/c1-9(14(15)16)7-10-3-4-11-12(17-2)5-6-18-13(11)8-10;1-15-10-4-7(8(11)5-14-10)9-6-12-2-3-13-9;1-2-3-1/h3-4,8-9,12H,5-7H2,1-2H3,(H,15,16);2-6H,1H3;1-3H2/t9?,12-;;/m0../s1. The van der Waals surface area contributed by atoms with Gasteiger partial charge in [0.25, 0.3) is 0 Å². The van der Waals surface area contributed by atoms with Crippen molar-refractivity contribution in [2.24, 2.45) is 5.92 Å². The van der Waals surface area contributed by atoms with Gasteiger partial charge in [0.1, 0.15) is 5.75 Å². The minimum absolute atomic E-state index is 0.0831. The van der Waals surface area contributed by atoms with E-state index in [0.29, 0.717) is 30.2 Å². The number of benzene rings is 1. The molecule has 192 valence electrons. The molecule has 1 aliphatic heterocycles. The van der Waals surface area contributed by atoms with E-state index in [0.717, 1.165) is 29.5 Å². The van der Waals surface area contributed by atoms with Gasteiger partial charge < -0.3 is 19.3 Å². The number of ether oxygens (including phenoxy) is 3. The third-order valence-corrected chi connectivity index (χ3v) is 5.54. The minimum Gasteiger partial charge on any atom is -0.493 e. The van der Waals surface area contributed by atoms with Gasteiger partial charge >= 0.3 is 5.97 Å². The third-order valence-electron chi connectivity index (χ3n) is 5.54. The molecule has 3 heterocycles. The average molecular weight is 498 g/mol. The Labute approximate surface area is 210 Å². The van der Waals surface area contributed by atoms with E-state index in [4.69, 9.17) is 19.3 Å². The van der Waals surface area contributed by atoms with Crippen LogP contribution in [0.15, 0.2) is 49.1 Å². The Hall–Kier alpha value is -3.59. The number of aliphatic carboxylic acids is 1. The van der Waals surface area contributed by atoms with Gasteiger partial charge in [-0.25, -0.2) is 9.37 Å². The molecule has 0 radical (unpaired) electrons. The van der Waals surface area contributed by atoms with Crippen molar-refractivity contribution in [2.75, 3.05) is 20.8 Å². The van der Waals surface area contributed by atoms with Crippen LogP contribution < -0.4 is 9.47 Å².